The van der Waals surface area contributed by atoms with Gasteiger partial charge in [0.15, 0.2) is 0 Å². The Morgan fingerprint density at radius 1 is 1.16 bits per heavy atom. The van der Waals surface area contributed by atoms with E-state index in [4.69, 9.17) is 4.74 Å². The topological polar surface area (TPSA) is 66.1 Å². The highest BCUT2D eigenvalue weighted by atomic mass is 16.5. The zero-order valence-corrected chi connectivity index (χ0v) is 15.8. The Morgan fingerprint density at radius 2 is 1.88 bits per heavy atom. The molecule has 1 fully saturated rings. The summed E-state index contributed by atoms with van der Waals surface area (Å²) < 4.78 is 8.62. The van der Waals surface area contributed by atoms with E-state index in [9.17, 15) is 9.59 Å². The molecule has 3 rings (SSSR count). The monoisotopic (exact) mass is 349 g/mol. The molecule has 140 valence electrons. The highest BCUT2D eigenvalue weighted by Crippen LogP contribution is 2.38. The van der Waals surface area contributed by atoms with E-state index in [-0.39, 0.29) is 24.3 Å². The zero-order chi connectivity index (χ0) is 18.0. The molecule has 0 aromatic carbocycles. The molecule has 0 radical (unpaired) electrons. The molecule has 1 aromatic rings. The number of rotatable bonds is 3. The summed E-state index contributed by atoms with van der Waals surface area (Å²) in [5.41, 5.74) is 0.140. The second-order valence-electron chi connectivity index (χ2n) is 8.65. The van der Waals surface area contributed by atoms with Crippen LogP contribution in [-0.2, 0) is 29.0 Å². The number of carbonyl (C=O) groups excluding carboxylic acids is 1. The van der Waals surface area contributed by atoms with Crippen molar-refractivity contribution >= 4 is 5.97 Å². The van der Waals surface area contributed by atoms with E-state index in [2.05, 4.69) is 25.9 Å². The molecule has 0 amide bonds. The van der Waals surface area contributed by atoms with Gasteiger partial charge in [0.2, 0.25) is 0 Å². The number of esters is 1. The van der Waals surface area contributed by atoms with Gasteiger partial charge >= 0.3 is 11.7 Å². The Labute approximate surface area is 149 Å². The van der Waals surface area contributed by atoms with E-state index in [1.165, 1.54) is 4.68 Å². The second-order valence-corrected chi connectivity index (χ2v) is 8.65. The summed E-state index contributed by atoms with van der Waals surface area (Å²) in [7, 11) is 0. The molecule has 1 aromatic heterocycles. The van der Waals surface area contributed by atoms with E-state index in [1.54, 1.807) is 4.57 Å². The fraction of sp³-hybridized carbons (Fsp3) is 0.842. The number of nitrogens with zero attached hydrogens (tertiary/aromatic N) is 3. The normalized spacial score (nSPS) is 24.4. The standard InChI is InChI=1S/C19H31N3O3/c1-19(2,3)14-8-10-15(11-9-14)25-17(23)13-22-18(24)21-12-6-4-5-7-16(21)20-22/h14-15H,4-13H2,1-3H3. The van der Waals surface area contributed by atoms with E-state index in [1.807, 2.05) is 0 Å². The number of aromatic nitrogens is 3. The quantitative estimate of drug-likeness (QED) is 0.787. The molecule has 1 aliphatic heterocycles. The van der Waals surface area contributed by atoms with Crippen LogP contribution in [0.4, 0.5) is 0 Å². The van der Waals surface area contributed by atoms with Gasteiger partial charge < -0.3 is 4.74 Å². The van der Waals surface area contributed by atoms with Crippen LogP contribution in [0.15, 0.2) is 4.79 Å². The van der Waals surface area contributed by atoms with Crippen molar-refractivity contribution in [3.05, 3.63) is 16.3 Å². The van der Waals surface area contributed by atoms with Gasteiger partial charge in [0.1, 0.15) is 18.5 Å². The number of aryl methyl sites for hydroxylation is 1. The van der Waals surface area contributed by atoms with Gasteiger partial charge in [-0.15, -0.1) is 0 Å². The minimum Gasteiger partial charge on any atom is -0.461 e. The van der Waals surface area contributed by atoms with Gasteiger partial charge in [-0.1, -0.05) is 27.2 Å². The molecule has 2 heterocycles. The minimum atomic E-state index is -0.338. The van der Waals surface area contributed by atoms with E-state index in [0.717, 1.165) is 57.2 Å². The average Bonchev–Trinajstić information content (AvgIpc) is 2.73. The second kappa shape index (κ2) is 7.34. The van der Waals surface area contributed by atoms with E-state index >= 15 is 0 Å². The van der Waals surface area contributed by atoms with Gasteiger partial charge in [-0.2, -0.15) is 5.10 Å². The lowest BCUT2D eigenvalue weighted by Crippen LogP contribution is -2.33. The van der Waals surface area contributed by atoms with Crippen molar-refractivity contribution in [1.29, 1.82) is 0 Å². The summed E-state index contributed by atoms with van der Waals surface area (Å²) in [6, 6.07) is 0. The Balaban J connectivity index is 1.55. The molecule has 0 saturated heterocycles. The first-order valence-corrected chi connectivity index (χ1v) is 9.70. The molecule has 0 spiro atoms. The molecule has 0 atom stereocenters. The maximum atomic E-state index is 12.4. The number of carbonyl (C=O) groups is 1. The smallest absolute Gasteiger partial charge is 0.346 e. The van der Waals surface area contributed by atoms with Crippen molar-refractivity contribution in [3.8, 4) is 0 Å². The third-order valence-electron chi connectivity index (χ3n) is 5.76. The Kier molecular flexibility index (Phi) is 5.35. The first-order chi connectivity index (χ1) is 11.8. The third-order valence-corrected chi connectivity index (χ3v) is 5.76. The molecule has 2 aliphatic rings. The number of hydrogen-bond donors (Lipinski definition) is 0. The van der Waals surface area contributed by atoms with Crippen LogP contribution in [0.1, 0.15) is 71.5 Å². The summed E-state index contributed by atoms with van der Waals surface area (Å²) in [4.78, 5) is 24.7. The number of fused-ring (bicyclic) bond motifs is 1. The first kappa shape index (κ1) is 18.2. The SMILES string of the molecule is CC(C)(C)C1CCC(OC(=O)Cn2nc3n(c2=O)CCCCC3)CC1. The van der Waals surface area contributed by atoms with E-state index < -0.39 is 0 Å². The highest BCUT2D eigenvalue weighted by molar-refractivity contribution is 5.69. The third kappa shape index (κ3) is 4.33. The fourth-order valence-electron chi connectivity index (χ4n) is 4.12. The molecule has 1 aliphatic carbocycles. The molecule has 1 saturated carbocycles. The molecule has 0 N–H and O–H groups in total. The summed E-state index contributed by atoms with van der Waals surface area (Å²) in [6.07, 6.45) is 8.02. The first-order valence-electron chi connectivity index (χ1n) is 9.70. The summed E-state index contributed by atoms with van der Waals surface area (Å²) in [5, 5.41) is 4.35. The molecular weight excluding hydrogens is 318 g/mol. The summed E-state index contributed by atoms with van der Waals surface area (Å²) in [5.74, 6) is 1.16. The predicted molar refractivity (Wildman–Crippen MR) is 95.3 cm³/mol. The van der Waals surface area contributed by atoms with Crippen molar-refractivity contribution in [2.75, 3.05) is 0 Å². The number of ether oxygens (including phenoxy) is 1. The largest absolute Gasteiger partial charge is 0.461 e. The fourth-order valence-corrected chi connectivity index (χ4v) is 4.12. The van der Waals surface area contributed by atoms with Crippen molar-refractivity contribution in [2.45, 2.75) is 91.3 Å². The Bertz CT molecular complexity index is 660. The van der Waals surface area contributed by atoms with Gasteiger partial charge in [0.25, 0.3) is 0 Å². The van der Waals surface area contributed by atoms with Crippen molar-refractivity contribution in [2.24, 2.45) is 11.3 Å². The summed E-state index contributed by atoms with van der Waals surface area (Å²) in [6.45, 7) is 7.47. The van der Waals surface area contributed by atoms with E-state index in [0.29, 0.717) is 17.9 Å². The molecule has 0 unspecified atom stereocenters. The molecule has 6 heteroatoms. The maximum absolute atomic E-state index is 12.4. The van der Waals surface area contributed by atoms with Gasteiger partial charge in [0, 0.05) is 13.0 Å². The number of hydrogen-bond acceptors (Lipinski definition) is 4. The van der Waals surface area contributed by atoms with Crippen LogP contribution in [-0.4, -0.2) is 26.4 Å². The van der Waals surface area contributed by atoms with Crippen LogP contribution in [0, 0.1) is 11.3 Å². The van der Waals surface area contributed by atoms with Crippen LogP contribution < -0.4 is 5.69 Å². The molecule has 0 bridgehead atoms. The van der Waals surface area contributed by atoms with Gasteiger partial charge in [-0.05, 0) is 49.9 Å². The molecule has 6 nitrogen and oxygen atoms in total. The minimum absolute atomic E-state index is 0.0118. The Morgan fingerprint density at radius 3 is 2.56 bits per heavy atom. The molecule has 25 heavy (non-hydrogen) atoms. The van der Waals surface area contributed by atoms with Gasteiger partial charge in [-0.25, -0.2) is 9.48 Å². The maximum Gasteiger partial charge on any atom is 0.346 e. The van der Waals surface area contributed by atoms with Crippen molar-refractivity contribution < 1.29 is 9.53 Å². The van der Waals surface area contributed by atoms with Crippen LogP contribution in [0.2, 0.25) is 0 Å². The lowest BCUT2D eigenvalue weighted by atomic mass is 9.72. The Hall–Kier alpha value is -1.59. The molecular formula is C19H31N3O3. The van der Waals surface area contributed by atoms with Crippen LogP contribution in [0.25, 0.3) is 0 Å². The van der Waals surface area contributed by atoms with Gasteiger partial charge in [-0.3, -0.25) is 9.36 Å². The van der Waals surface area contributed by atoms with Crippen molar-refractivity contribution in [1.82, 2.24) is 14.3 Å². The predicted octanol–water partition coefficient (Wildman–Crippen LogP) is 2.92. The highest BCUT2D eigenvalue weighted by Gasteiger charge is 2.31. The van der Waals surface area contributed by atoms with Crippen LogP contribution >= 0.6 is 0 Å². The lowest BCUT2D eigenvalue weighted by Gasteiger charge is -2.36. The van der Waals surface area contributed by atoms with Crippen LogP contribution in [0.5, 0.6) is 0 Å². The zero-order valence-electron chi connectivity index (χ0n) is 15.8. The van der Waals surface area contributed by atoms with Crippen molar-refractivity contribution in [3.63, 3.8) is 0 Å². The average molecular weight is 349 g/mol. The lowest BCUT2D eigenvalue weighted by molar-refractivity contribution is -0.152. The van der Waals surface area contributed by atoms with Gasteiger partial charge in [0.05, 0.1) is 0 Å². The summed E-state index contributed by atoms with van der Waals surface area (Å²) >= 11 is 0. The van der Waals surface area contributed by atoms with Crippen LogP contribution in [0.3, 0.4) is 0 Å².